The maximum absolute atomic E-state index is 3.47. The molecule has 0 fully saturated rings. The average molecular weight is 257 g/mol. The molecular formula is C14H9Br. The summed E-state index contributed by atoms with van der Waals surface area (Å²) in [7, 11) is 0. The number of halogens is 1. The molecule has 0 nitrogen and oxygen atoms in total. The van der Waals surface area contributed by atoms with Gasteiger partial charge in [-0.25, -0.2) is 0 Å². The Hall–Kier alpha value is -1.52. The standard InChI is InChI=1S/C14H9Br/c15-14-9-5-4-8-13(14)11-10-12-6-2-1-3-7-12/h1-9H. The van der Waals surface area contributed by atoms with Gasteiger partial charge in [0.05, 0.1) is 0 Å². The van der Waals surface area contributed by atoms with Gasteiger partial charge in [-0.15, -0.1) is 0 Å². The van der Waals surface area contributed by atoms with E-state index >= 15 is 0 Å². The molecule has 72 valence electrons. The maximum atomic E-state index is 3.47. The molecule has 1 heteroatoms. The minimum Gasteiger partial charge on any atom is -0.0622 e. The Balaban J connectivity index is 2.31. The van der Waals surface area contributed by atoms with E-state index in [9.17, 15) is 0 Å². The molecule has 0 spiro atoms. The van der Waals surface area contributed by atoms with Crippen molar-refractivity contribution >= 4 is 15.9 Å². The van der Waals surface area contributed by atoms with E-state index in [0.717, 1.165) is 15.6 Å². The molecule has 0 heterocycles. The van der Waals surface area contributed by atoms with Gasteiger partial charge < -0.3 is 0 Å². The summed E-state index contributed by atoms with van der Waals surface area (Å²) in [6, 6.07) is 17.9. The van der Waals surface area contributed by atoms with Gasteiger partial charge in [-0.1, -0.05) is 42.2 Å². The molecule has 0 unspecified atom stereocenters. The number of hydrogen-bond donors (Lipinski definition) is 0. The van der Waals surface area contributed by atoms with E-state index in [1.807, 2.05) is 54.6 Å². The zero-order valence-corrected chi connectivity index (χ0v) is 9.66. The third-order valence-electron chi connectivity index (χ3n) is 1.99. The lowest BCUT2D eigenvalue weighted by Crippen LogP contribution is -1.76. The quantitative estimate of drug-likeness (QED) is 0.629. The highest BCUT2D eigenvalue weighted by Gasteiger charge is 1.92. The lowest BCUT2D eigenvalue weighted by Gasteiger charge is -1.93. The van der Waals surface area contributed by atoms with Crippen molar-refractivity contribution in [3.8, 4) is 11.8 Å². The van der Waals surface area contributed by atoms with Crippen molar-refractivity contribution in [1.29, 1.82) is 0 Å². The van der Waals surface area contributed by atoms with Crippen LogP contribution in [0, 0.1) is 11.8 Å². The fraction of sp³-hybridized carbons (Fsp3) is 0. The van der Waals surface area contributed by atoms with Crippen molar-refractivity contribution in [2.24, 2.45) is 0 Å². The lowest BCUT2D eigenvalue weighted by molar-refractivity contribution is 1.58. The second-order valence-electron chi connectivity index (χ2n) is 3.10. The van der Waals surface area contributed by atoms with Crippen LogP contribution in [0.3, 0.4) is 0 Å². The van der Waals surface area contributed by atoms with E-state index in [1.54, 1.807) is 0 Å². The second-order valence-corrected chi connectivity index (χ2v) is 3.95. The predicted molar refractivity (Wildman–Crippen MR) is 66.6 cm³/mol. The zero-order valence-electron chi connectivity index (χ0n) is 8.07. The van der Waals surface area contributed by atoms with Gasteiger partial charge in [0.1, 0.15) is 0 Å². The monoisotopic (exact) mass is 256 g/mol. The molecule has 0 bridgehead atoms. The van der Waals surface area contributed by atoms with Crippen molar-refractivity contribution in [3.63, 3.8) is 0 Å². The van der Waals surface area contributed by atoms with E-state index in [1.165, 1.54) is 0 Å². The number of benzene rings is 2. The van der Waals surface area contributed by atoms with Crippen molar-refractivity contribution in [3.05, 3.63) is 70.2 Å². The third kappa shape index (κ3) is 2.71. The molecule has 0 aliphatic heterocycles. The fourth-order valence-corrected chi connectivity index (χ4v) is 1.61. The Morgan fingerprint density at radius 3 is 2.13 bits per heavy atom. The van der Waals surface area contributed by atoms with Crippen LogP contribution in [0.1, 0.15) is 11.1 Å². The molecule has 0 amide bonds. The maximum Gasteiger partial charge on any atom is 0.0391 e. The van der Waals surface area contributed by atoms with Gasteiger partial charge in [0.2, 0.25) is 0 Å². The number of hydrogen-bond acceptors (Lipinski definition) is 0. The van der Waals surface area contributed by atoms with Crippen molar-refractivity contribution in [2.45, 2.75) is 0 Å². The molecule has 0 saturated heterocycles. The Morgan fingerprint density at radius 2 is 1.40 bits per heavy atom. The SMILES string of the molecule is Brc1ccccc1C#Cc1ccccc1. The van der Waals surface area contributed by atoms with Gasteiger partial charge in [0, 0.05) is 15.6 Å². The summed E-state index contributed by atoms with van der Waals surface area (Å²) in [6.45, 7) is 0. The first-order valence-electron chi connectivity index (χ1n) is 4.68. The van der Waals surface area contributed by atoms with Crippen LogP contribution in [0.2, 0.25) is 0 Å². The normalized spacial score (nSPS) is 9.13. The smallest absolute Gasteiger partial charge is 0.0391 e. The molecule has 0 N–H and O–H groups in total. The summed E-state index contributed by atoms with van der Waals surface area (Å²) in [5.74, 6) is 6.25. The molecule has 0 aliphatic carbocycles. The van der Waals surface area contributed by atoms with Gasteiger partial charge in [-0.05, 0) is 40.2 Å². The van der Waals surface area contributed by atoms with Gasteiger partial charge in [0.25, 0.3) is 0 Å². The minimum absolute atomic E-state index is 1.02. The van der Waals surface area contributed by atoms with Crippen LogP contribution in [0.4, 0.5) is 0 Å². The molecule has 15 heavy (non-hydrogen) atoms. The summed E-state index contributed by atoms with van der Waals surface area (Å²) in [6.07, 6.45) is 0. The lowest BCUT2D eigenvalue weighted by atomic mass is 10.2. The highest BCUT2D eigenvalue weighted by Crippen LogP contribution is 2.14. The summed E-state index contributed by atoms with van der Waals surface area (Å²) >= 11 is 3.47. The average Bonchev–Trinajstić information content (AvgIpc) is 2.29. The van der Waals surface area contributed by atoms with Crippen LogP contribution in [0.15, 0.2) is 59.1 Å². The van der Waals surface area contributed by atoms with Crippen molar-refractivity contribution < 1.29 is 0 Å². The molecule has 2 aromatic rings. The third-order valence-corrected chi connectivity index (χ3v) is 2.68. The number of rotatable bonds is 0. The van der Waals surface area contributed by atoms with Crippen LogP contribution in [0.25, 0.3) is 0 Å². The van der Waals surface area contributed by atoms with Gasteiger partial charge in [-0.3, -0.25) is 0 Å². The molecule has 2 aromatic carbocycles. The van der Waals surface area contributed by atoms with Crippen LogP contribution < -0.4 is 0 Å². The molecule has 2 rings (SSSR count). The summed E-state index contributed by atoms with van der Waals surface area (Å²) in [5, 5.41) is 0. The minimum atomic E-state index is 1.02. The highest BCUT2D eigenvalue weighted by molar-refractivity contribution is 9.10. The topological polar surface area (TPSA) is 0 Å². The van der Waals surface area contributed by atoms with Crippen LogP contribution in [-0.4, -0.2) is 0 Å². The molecule has 0 atom stereocenters. The highest BCUT2D eigenvalue weighted by atomic mass is 79.9. The van der Waals surface area contributed by atoms with Crippen LogP contribution >= 0.6 is 15.9 Å². The molecule has 0 saturated carbocycles. The molecule has 0 aromatic heterocycles. The fourth-order valence-electron chi connectivity index (χ4n) is 1.22. The summed E-state index contributed by atoms with van der Waals surface area (Å²) < 4.78 is 1.04. The van der Waals surface area contributed by atoms with Crippen molar-refractivity contribution in [2.75, 3.05) is 0 Å². The summed E-state index contributed by atoms with van der Waals surface area (Å²) in [4.78, 5) is 0. The Bertz CT molecular complexity index is 504. The first-order chi connectivity index (χ1) is 7.36. The van der Waals surface area contributed by atoms with Crippen LogP contribution in [0.5, 0.6) is 0 Å². The Kier molecular flexibility index (Phi) is 3.22. The van der Waals surface area contributed by atoms with E-state index in [-0.39, 0.29) is 0 Å². The molecule has 0 radical (unpaired) electrons. The van der Waals surface area contributed by atoms with Crippen LogP contribution in [-0.2, 0) is 0 Å². The molecule has 0 aliphatic rings. The predicted octanol–water partition coefficient (Wildman–Crippen LogP) is 3.85. The van der Waals surface area contributed by atoms with Crippen molar-refractivity contribution in [1.82, 2.24) is 0 Å². The Labute approximate surface area is 98.1 Å². The zero-order chi connectivity index (χ0) is 10.5. The van der Waals surface area contributed by atoms with E-state index < -0.39 is 0 Å². The second kappa shape index (κ2) is 4.82. The van der Waals surface area contributed by atoms with E-state index in [0.29, 0.717) is 0 Å². The Morgan fingerprint density at radius 1 is 0.733 bits per heavy atom. The first kappa shape index (κ1) is 10.0. The van der Waals surface area contributed by atoms with Gasteiger partial charge in [-0.2, -0.15) is 0 Å². The van der Waals surface area contributed by atoms with Gasteiger partial charge >= 0.3 is 0 Å². The largest absolute Gasteiger partial charge is 0.0622 e. The summed E-state index contributed by atoms with van der Waals surface area (Å²) in [5.41, 5.74) is 2.05. The van der Waals surface area contributed by atoms with E-state index in [4.69, 9.17) is 0 Å². The molecular weight excluding hydrogens is 248 g/mol. The van der Waals surface area contributed by atoms with Gasteiger partial charge in [0.15, 0.2) is 0 Å². The van der Waals surface area contributed by atoms with E-state index in [2.05, 4.69) is 27.8 Å². The first-order valence-corrected chi connectivity index (χ1v) is 5.47.